The van der Waals surface area contributed by atoms with Crippen LogP contribution in [0.2, 0.25) is 0 Å². The van der Waals surface area contributed by atoms with Gasteiger partial charge < -0.3 is 5.11 Å². The van der Waals surface area contributed by atoms with Crippen LogP contribution in [0.25, 0.3) is 0 Å². The standard InChI is InChI=1S/C13H16N2O4S/c1-10(2)15(7-6-13(16)17)20(18,19)12-5-3-4-11(8-12)9-14/h3-5,8,10H,6-7H2,1-2H3,(H,16,17). The lowest BCUT2D eigenvalue weighted by Gasteiger charge is -2.25. The van der Waals surface area contributed by atoms with E-state index < -0.39 is 16.0 Å². The van der Waals surface area contributed by atoms with Gasteiger partial charge in [0.1, 0.15) is 0 Å². The molecule has 0 amide bonds. The minimum atomic E-state index is -3.81. The molecule has 0 atom stereocenters. The van der Waals surface area contributed by atoms with E-state index in [-0.39, 0.29) is 29.5 Å². The first-order valence-corrected chi connectivity index (χ1v) is 7.47. The summed E-state index contributed by atoms with van der Waals surface area (Å²) < 4.78 is 26.1. The van der Waals surface area contributed by atoms with E-state index in [0.29, 0.717) is 0 Å². The Bertz CT molecular complexity index is 632. The van der Waals surface area contributed by atoms with Gasteiger partial charge in [-0.3, -0.25) is 4.79 Å². The van der Waals surface area contributed by atoms with Gasteiger partial charge in [0.25, 0.3) is 0 Å². The van der Waals surface area contributed by atoms with Gasteiger partial charge in [-0.05, 0) is 32.0 Å². The second-order valence-electron chi connectivity index (χ2n) is 4.49. The lowest BCUT2D eigenvalue weighted by Crippen LogP contribution is -2.38. The highest BCUT2D eigenvalue weighted by Crippen LogP contribution is 2.19. The van der Waals surface area contributed by atoms with Crippen molar-refractivity contribution >= 4 is 16.0 Å². The highest BCUT2D eigenvalue weighted by atomic mass is 32.2. The van der Waals surface area contributed by atoms with E-state index in [9.17, 15) is 13.2 Å². The van der Waals surface area contributed by atoms with Crippen LogP contribution in [-0.4, -0.2) is 36.4 Å². The summed E-state index contributed by atoms with van der Waals surface area (Å²) in [6, 6.07) is 7.19. The molecule has 1 rings (SSSR count). The molecule has 0 aliphatic rings. The summed E-state index contributed by atoms with van der Waals surface area (Å²) in [5.41, 5.74) is 0.244. The van der Waals surface area contributed by atoms with Crippen molar-refractivity contribution in [3.63, 3.8) is 0 Å². The molecule has 1 aromatic rings. The van der Waals surface area contributed by atoms with Gasteiger partial charge in [-0.1, -0.05) is 6.07 Å². The second kappa shape index (κ2) is 6.50. The highest BCUT2D eigenvalue weighted by Gasteiger charge is 2.27. The Labute approximate surface area is 118 Å². The third-order valence-corrected chi connectivity index (χ3v) is 4.76. The van der Waals surface area contributed by atoms with E-state index in [1.807, 2.05) is 6.07 Å². The van der Waals surface area contributed by atoms with E-state index >= 15 is 0 Å². The van der Waals surface area contributed by atoms with Gasteiger partial charge in [-0.15, -0.1) is 0 Å². The van der Waals surface area contributed by atoms with Crippen molar-refractivity contribution in [2.75, 3.05) is 6.54 Å². The average Bonchev–Trinajstić information content (AvgIpc) is 2.38. The molecule has 0 fully saturated rings. The summed E-state index contributed by atoms with van der Waals surface area (Å²) in [5.74, 6) is -1.06. The van der Waals surface area contributed by atoms with E-state index in [4.69, 9.17) is 10.4 Å². The molecule has 0 aromatic heterocycles. The third-order valence-electron chi connectivity index (χ3n) is 2.69. The number of nitrogens with zero attached hydrogens (tertiary/aromatic N) is 2. The number of hydrogen-bond donors (Lipinski definition) is 1. The summed E-state index contributed by atoms with van der Waals surface area (Å²) in [6.45, 7) is 3.24. The quantitative estimate of drug-likeness (QED) is 0.856. The number of nitriles is 1. The second-order valence-corrected chi connectivity index (χ2v) is 6.38. The van der Waals surface area contributed by atoms with Crippen LogP contribution in [0.1, 0.15) is 25.8 Å². The molecule has 0 aliphatic heterocycles. The van der Waals surface area contributed by atoms with E-state index in [1.165, 1.54) is 24.3 Å². The first-order chi connectivity index (χ1) is 9.28. The minimum Gasteiger partial charge on any atom is -0.481 e. The van der Waals surface area contributed by atoms with Crippen LogP contribution < -0.4 is 0 Å². The molecule has 0 unspecified atom stereocenters. The van der Waals surface area contributed by atoms with Crippen molar-refractivity contribution in [3.8, 4) is 6.07 Å². The molecule has 0 heterocycles. The van der Waals surface area contributed by atoms with Crippen LogP contribution >= 0.6 is 0 Å². The zero-order valence-corrected chi connectivity index (χ0v) is 12.1. The minimum absolute atomic E-state index is 0.00404. The van der Waals surface area contributed by atoms with Crippen LogP contribution in [0.4, 0.5) is 0 Å². The van der Waals surface area contributed by atoms with Crippen molar-refractivity contribution in [1.29, 1.82) is 5.26 Å². The summed E-state index contributed by atoms with van der Waals surface area (Å²) >= 11 is 0. The van der Waals surface area contributed by atoms with Crippen LogP contribution in [0, 0.1) is 11.3 Å². The fourth-order valence-corrected chi connectivity index (χ4v) is 3.41. The first kappa shape index (κ1) is 16.1. The number of rotatable bonds is 6. The van der Waals surface area contributed by atoms with Gasteiger partial charge in [0, 0.05) is 12.6 Å². The molecule has 0 bridgehead atoms. The Morgan fingerprint density at radius 1 is 1.45 bits per heavy atom. The van der Waals surface area contributed by atoms with Gasteiger partial charge in [0.2, 0.25) is 10.0 Å². The molecule has 0 saturated carbocycles. The number of sulfonamides is 1. The highest BCUT2D eigenvalue weighted by molar-refractivity contribution is 7.89. The molecule has 0 aliphatic carbocycles. The molecule has 7 heteroatoms. The molecule has 6 nitrogen and oxygen atoms in total. The van der Waals surface area contributed by atoms with E-state index in [0.717, 1.165) is 4.31 Å². The molecule has 0 saturated heterocycles. The Hall–Kier alpha value is -1.91. The van der Waals surface area contributed by atoms with Crippen molar-refractivity contribution in [2.45, 2.75) is 31.2 Å². The Morgan fingerprint density at radius 3 is 2.60 bits per heavy atom. The number of aliphatic carboxylic acids is 1. The van der Waals surface area contributed by atoms with Crippen molar-refractivity contribution in [1.82, 2.24) is 4.31 Å². The average molecular weight is 296 g/mol. The normalized spacial score (nSPS) is 11.6. The Kier molecular flexibility index (Phi) is 5.25. The van der Waals surface area contributed by atoms with Crippen LogP contribution in [-0.2, 0) is 14.8 Å². The lowest BCUT2D eigenvalue weighted by molar-refractivity contribution is -0.137. The van der Waals surface area contributed by atoms with E-state index in [2.05, 4.69) is 0 Å². The molecule has 20 heavy (non-hydrogen) atoms. The van der Waals surface area contributed by atoms with Crippen molar-refractivity contribution in [2.24, 2.45) is 0 Å². The number of carboxylic acid groups (broad SMARTS) is 1. The summed E-state index contributed by atoms with van der Waals surface area (Å²) in [7, 11) is -3.81. The maximum Gasteiger partial charge on any atom is 0.304 e. The molecule has 1 N–H and O–H groups in total. The molecule has 0 radical (unpaired) electrons. The molecular formula is C13H16N2O4S. The predicted molar refractivity (Wildman–Crippen MR) is 72.4 cm³/mol. The fraction of sp³-hybridized carbons (Fsp3) is 0.385. The maximum absolute atomic E-state index is 12.5. The van der Waals surface area contributed by atoms with Gasteiger partial charge >= 0.3 is 5.97 Å². The van der Waals surface area contributed by atoms with Crippen LogP contribution in [0.5, 0.6) is 0 Å². The van der Waals surface area contributed by atoms with Crippen molar-refractivity contribution < 1.29 is 18.3 Å². The topological polar surface area (TPSA) is 98.5 Å². The third kappa shape index (κ3) is 3.79. The van der Waals surface area contributed by atoms with E-state index in [1.54, 1.807) is 13.8 Å². The van der Waals surface area contributed by atoms with Crippen LogP contribution in [0.15, 0.2) is 29.2 Å². The number of hydrogen-bond acceptors (Lipinski definition) is 4. The summed E-state index contributed by atoms with van der Waals surface area (Å²) in [6.07, 6.45) is -0.269. The number of benzene rings is 1. The van der Waals surface area contributed by atoms with Gasteiger partial charge in [-0.2, -0.15) is 9.57 Å². The van der Waals surface area contributed by atoms with Gasteiger partial charge in [0.15, 0.2) is 0 Å². The number of carbonyl (C=O) groups is 1. The first-order valence-electron chi connectivity index (χ1n) is 6.03. The Morgan fingerprint density at radius 2 is 2.10 bits per heavy atom. The fourth-order valence-electron chi connectivity index (χ4n) is 1.72. The summed E-state index contributed by atoms with van der Waals surface area (Å²) in [5, 5.41) is 17.5. The predicted octanol–water partition coefficient (Wildman–Crippen LogP) is 1.43. The zero-order valence-electron chi connectivity index (χ0n) is 11.3. The number of carboxylic acids is 1. The monoisotopic (exact) mass is 296 g/mol. The molecule has 0 spiro atoms. The maximum atomic E-state index is 12.5. The van der Waals surface area contributed by atoms with Crippen molar-refractivity contribution in [3.05, 3.63) is 29.8 Å². The van der Waals surface area contributed by atoms with Crippen LogP contribution in [0.3, 0.4) is 0 Å². The molecular weight excluding hydrogens is 280 g/mol. The summed E-state index contributed by atoms with van der Waals surface area (Å²) in [4.78, 5) is 10.6. The SMILES string of the molecule is CC(C)N(CCC(=O)O)S(=O)(=O)c1cccc(C#N)c1. The zero-order chi connectivity index (χ0) is 15.3. The Balaban J connectivity index is 3.16. The smallest absolute Gasteiger partial charge is 0.304 e. The van der Waals surface area contributed by atoms with Gasteiger partial charge in [0.05, 0.1) is 22.9 Å². The van der Waals surface area contributed by atoms with Gasteiger partial charge in [-0.25, -0.2) is 8.42 Å². The molecule has 108 valence electrons. The lowest BCUT2D eigenvalue weighted by atomic mass is 10.2. The molecule has 1 aromatic carbocycles. The largest absolute Gasteiger partial charge is 0.481 e.